The second-order valence-electron chi connectivity index (χ2n) is 6.62. The molecular formula is C20H19N3O2S2. The number of nitrogens with zero attached hydrogens (tertiary/aromatic N) is 1. The Kier molecular flexibility index (Phi) is 5.05. The van der Waals surface area contributed by atoms with Crippen molar-refractivity contribution in [2.45, 2.75) is 31.7 Å². The van der Waals surface area contributed by atoms with Gasteiger partial charge in [0.25, 0.3) is 0 Å². The van der Waals surface area contributed by atoms with Gasteiger partial charge in [0.05, 0.1) is 12.0 Å². The summed E-state index contributed by atoms with van der Waals surface area (Å²) >= 11 is 3.19. The van der Waals surface area contributed by atoms with Crippen molar-refractivity contribution in [3.63, 3.8) is 0 Å². The smallest absolute Gasteiger partial charge is 0.228 e. The van der Waals surface area contributed by atoms with Crippen LogP contribution in [0.4, 0.5) is 5.69 Å². The van der Waals surface area contributed by atoms with E-state index >= 15 is 0 Å². The third-order valence-electron chi connectivity index (χ3n) is 4.59. The van der Waals surface area contributed by atoms with Gasteiger partial charge in [-0.1, -0.05) is 18.2 Å². The van der Waals surface area contributed by atoms with Gasteiger partial charge < -0.3 is 10.6 Å². The Morgan fingerprint density at radius 3 is 2.93 bits per heavy atom. The Hall–Kier alpha value is -2.51. The van der Waals surface area contributed by atoms with E-state index < -0.39 is 5.92 Å². The van der Waals surface area contributed by atoms with Crippen LogP contribution in [0, 0.1) is 6.92 Å². The van der Waals surface area contributed by atoms with E-state index in [9.17, 15) is 9.59 Å². The maximum absolute atomic E-state index is 13.1. The molecule has 0 aliphatic carbocycles. The first kappa shape index (κ1) is 17.9. The van der Waals surface area contributed by atoms with Crippen molar-refractivity contribution in [1.29, 1.82) is 0 Å². The monoisotopic (exact) mass is 397 g/mol. The normalized spacial score (nSPS) is 17.1. The minimum atomic E-state index is -0.485. The molecule has 4 rings (SSSR count). The summed E-state index contributed by atoms with van der Waals surface area (Å²) in [4.78, 5) is 29.7. The zero-order chi connectivity index (χ0) is 18.8. The number of rotatable bonds is 5. The summed E-state index contributed by atoms with van der Waals surface area (Å²) in [7, 11) is 0. The number of carbonyl (C=O) groups excluding carboxylic acids is 2. The van der Waals surface area contributed by atoms with Crippen molar-refractivity contribution in [2.24, 2.45) is 0 Å². The molecular weight excluding hydrogens is 378 g/mol. The number of nitrogens with one attached hydrogen (secondary N) is 2. The van der Waals surface area contributed by atoms with E-state index in [0.717, 1.165) is 16.3 Å². The molecule has 7 heteroatoms. The summed E-state index contributed by atoms with van der Waals surface area (Å²) in [6.07, 6.45) is 0.841. The lowest BCUT2D eigenvalue weighted by atomic mass is 9.89. The topological polar surface area (TPSA) is 71.1 Å². The molecule has 138 valence electrons. The first-order chi connectivity index (χ1) is 13.1. The second kappa shape index (κ2) is 7.62. The van der Waals surface area contributed by atoms with Crippen LogP contribution in [-0.4, -0.2) is 16.8 Å². The summed E-state index contributed by atoms with van der Waals surface area (Å²) < 4.78 is 0. The summed E-state index contributed by atoms with van der Waals surface area (Å²) in [5, 5.41) is 13.0. The first-order valence-corrected chi connectivity index (χ1v) is 10.5. The molecule has 2 amide bonds. The fourth-order valence-corrected chi connectivity index (χ4v) is 4.82. The number of hydrogen-bond donors (Lipinski definition) is 2. The molecule has 0 bridgehead atoms. The highest BCUT2D eigenvalue weighted by Gasteiger charge is 2.32. The number of aromatic nitrogens is 1. The molecule has 0 saturated heterocycles. The number of aryl methyl sites for hydroxylation is 1. The van der Waals surface area contributed by atoms with Crippen LogP contribution in [0.15, 0.2) is 46.5 Å². The molecule has 5 nitrogen and oxygen atoms in total. The number of thiophene rings is 1. The maximum Gasteiger partial charge on any atom is 0.228 e. The van der Waals surface area contributed by atoms with Gasteiger partial charge in [-0.05, 0) is 40.9 Å². The Labute approximate surface area is 165 Å². The summed E-state index contributed by atoms with van der Waals surface area (Å²) in [5.41, 5.74) is 3.69. The quantitative estimate of drug-likeness (QED) is 0.683. The predicted molar refractivity (Wildman–Crippen MR) is 108 cm³/mol. The highest BCUT2D eigenvalue weighted by atomic mass is 32.1. The van der Waals surface area contributed by atoms with Gasteiger partial charge in [0.1, 0.15) is 5.01 Å². The van der Waals surface area contributed by atoms with Crippen molar-refractivity contribution < 1.29 is 9.59 Å². The molecule has 0 radical (unpaired) electrons. The molecule has 0 saturated carbocycles. The van der Waals surface area contributed by atoms with Crippen LogP contribution in [0.5, 0.6) is 0 Å². The van der Waals surface area contributed by atoms with E-state index in [-0.39, 0.29) is 24.3 Å². The number of para-hydroxylation sites is 1. The Morgan fingerprint density at radius 2 is 2.19 bits per heavy atom. The standard InChI is InChI=1S/C20H19N3O2S2/c1-12-10-27-20(21-12)17(8-13-6-7-26-11-13)23-19(25)15-9-18(24)22-16-5-3-2-4-14(15)16/h2-7,10-11,15,17H,8-9H2,1H3,(H,22,24)(H,23,25). The van der Waals surface area contributed by atoms with Crippen molar-refractivity contribution in [1.82, 2.24) is 10.3 Å². The lowest BCUT2D eigenvalue weighted by Gasteiger charge is -2.26. The van der Waals surface area contributed by atoms with Crippen LogP contribution < -0.4 is 10.6 Å². The van der Waals surface area contributed by atoms with Crippen LogP contribution in [-0.2, 0) is 16.0 Å². The van der Waals surface area contributed by atoms with Gasteiger partial charge in [0.2, 0.25) is 11.8 Å². The van der Waals surface area contributed by atoms with E-state index in [0.29, 0.717) is 12.1 Å². The Bertz CT molecular complexity index is 965. The predicted octanol–water partition coefficient (Wildman–Crippen LogP) is 4.04. The van der Waals surface area contributed by atoms with E-state index in [4.69, 9.17) is 0 Å². The molecule has 2 atom stereocenters. The van der Waals surface area contributed by atoms with E-state index in [1.807, 2.05) is 41.9 Å². The molecule has 1 aliphatic heterocycles. The largest absolute Gasteiger partial charge is 0.346 e. The number of anilines is 1. The van der Waals surface area contributed by atoms with Gasteiger partial charge in [-0.15, -0.1) is 11.3 Å². The molecule has 0 fully saturated rings. The second-order valence-corrected chi connectivity index (χ2v) is 8.29. The lowest BCUT2D eigenvalue weighted by molar-refractivity contribution is -0.126. The average Bonchev–Trinajstić information content (AvgIpc) is 3.32. The Morgan fingerprint density at radius 1 is 1.33 bits per heavy atom. The maximum atomic E-state index is 13.1. The van der Waals surface area contributed by atoms with E-state index in [2.05, 4.69) is 27.1 Å². The van der Waals surface area contributed by atoms with Gasteiger partial charge in [-0.3, -0.25) is 9.59 Å². The van der Waals surface area contributed by atoms with Crippen LogP contribution >= 0.6 is 22.7 Å². The van der Waals surface area contributed by atoms with E-state index in [1.54, 1.807) is 22.7 Å². The van der Waals surface area contributed by atoms with Gasteiger partial charge in [-0.25, -0.2) is 4.98 Å². The van der Waals surface area contributed by atoms with Crippen LogP contribution in [0.25, 0.3) is 0 Å². The Balaban J connectivity index is 1.59. The van der Waals surface area contributed by atoms with Gasteiger partial charge in [-0.2, -0.15) is 11.3 Å². The third-order valence-corrected chi connectivity index (χ3v) is 6.40. The molecule has 1 aromatic carbocycles. The van der Waals surface area contributed by atoms with Crippen molar-refractivity contribution in [2.75, 3.05) is 5.32 Å². The number of carbonyl (C=O) groups is 2. The molecule has 2 unspecified atom stereocenters. The highest BCUT2D eigenvalue weighted by molar-refractivity contribution is 7.09. The number of hydrogen-bond acceptors (Lipinski definition) is 5. The average molecular weight is 398 g/mol. The van der Waals surface area contributed by atoms with Gasteiger partial charge >= 0.3 is 0 Å². The number of benzene rings is 1. The van der Waals surface area contributed by atoms with Crippen molar-refractivity contribution in [3.05, 3.63) is 68.3 Å². The van der Waals surface area contributed by atoms with Crippen molar-refractivity contribution in [3.8, 4) is 0 Å². The molecule has 0 spiro atoms. The van der Waals surface area contributed by atoms with Crippen LogP contribution in [0.2, 0.25) is 0 Å². The van der Waals surface area contributed by atoms with Gasteiger partial charge in [0, 0.05) is 29.6 Å². The van der Waals surface area contributed by atoms with Crippen LogP contribution in [0.1, 0.15) is 40.2 Å². The SMILES string of the molecule is Cc1csc(C(Cc2ccsc2)NC(=O)C2CC(=O)Nc3ccccc32)n1. The summed E-state index contributed by atoms with van der Waals surface area (Å²) in [5.74, 6) is -0.750. The highest BCUT2D eigenvalue weighted by Crippen LogP contribution is 2.33. The molecule has 2 N–H and O–H groups in total. The molecule has 1 aliphatic rings. The number of amides is 2. The molecule has 27 heavy (non-hydrogen) atoms. The summed E-state index contributed by atoms with van der Waals surface area (Å²) in [6, 6.07) is 9.34. The zero-order valence-corrected chi connectivity index (χ0v) is 16.4. The van der Waals surface area contributed by atoms with E-state index in [1.165, 1.54) is 5.56 Å². The lowest BCUT2D eigenvalue weighted by Crippen LogP contribution is -2.37. The zero-order valence-electron chi connectivity index (χ0n) is 14.8. The van der Waals surface area contributed by atoms with Crippen molar-refractivity contribution >= 4 is 40.2 Å². The first-order valence-electron chi connectivity index (χ1n) is 8.72. The summed E-state index contributed by atoms with van der Waals surface area (Å²) in [6.45, 7) is 1.95. The fourth-order valence-electron chi connectivity index (χ4n) is 3.29. The third kappa shape index (κ3) is 3.94. The molecule has 2 aromatic heterocycles. The van der Waals surface area contributed by atoms with Gasteiger partial charge in [0.15, 0.2) is 0 Å². The molecule has 3 aromatic rings. The fraction of sp³-hybridized carbons (Fsp3) is 0.250. The number of fused-ring (bicyclic) bond motifs is 1. The molecule has 3 heterocycles. The number of thiazole rings is 1. The minimum absolute atomic E-state index is 0.131. The minimum Gasteiger partial charge on any atom is -0.346 e. The van der Waals surface area contributed by atoms with Crippen LogP contribution in [0.3, 0.4) is 0 Å².